The highest BCUT2D eigenvalue weighted by atomic mass is 35.5. The average molecular weight is 290 g/mol. The third-order valence-electron chi connectivity index (χ3n) is 2.49. The Hall–Kier alpha value is -0.970. The number of carbonyl (C=O) groups is 1. The number of ether oxygens (including phenoxy) is 2. The molecule has 1 N–H and O–H groups in total. The van der Waals surface area contributed by atoms with Gasteiger partial charge in [-0.15, -0.1) is 0 Å². The second-order valence-electron chi connectivity index (χ2n) is 3.98. The van der Waals surface area contributed by atoms with Gasteiger partial charge in [-0.05, 0) is 12.1 Å². The third kappa shape index (κ3) is 3.77. The number of halogens is 2. The Morgan fingerprint density at radius 1 is 1.39 bits per heavy atom. The van der Waals surface area contributed by atoms with Crippen molar-refractivity contribution in [3.05, 3.63) is 28.2 Å². The lowest BCUT2D eigenvalue weighted by Gasteiger charge is -2.26. The van der Waals surface area contributed by atoms with Crippen LogP contribution in [0, 0.1) is 0 Å². The van der Waals surface area contributed by atoms with Crippen LogP contribution in [0.25, 0.3) is 0 Å². The van der Waals surface area contributed by atoms with Gasteiger partial charge in [-0.1, -0.05) is 23.2 Å². The minimum Gasteiger partial charge on any atom is -0.493 e. The monoisotopic (exact) mass is 289 g/mol. The van der Waals surface area contributed by atoms with E-state index >= 15 is 0 Å². The first kappa shape index (κ1) is 13.5. The first-order valence-electron chi connectivity index (χ1n) is 5.60. The van der Waals surface area contributed by atoms with Crippen molar-refractivity contribution in [2.24, 2.45) is 0 Å². The molecule has 98 valence electrons. The first-order chi connectivity index (χ1) is 8.65. The van der Waals surface area contributed by atoms with Gasteiger partial charge in [0.25, 0.3) is 0 Å². The highest BCUT2D eigenvalue weighted by molar-refractivity contribution is 6.42. The second kappa shape index (κ2) is 6.27. The van der Waals surface area contributed by atoms with E-state index in [2.05, 4.69) is 5.32 Å². The van der Waals surface area contributed by atoms with Gasteiger partial charge in [0.05, 0.1) is 42.3 Å². The lowest BCUT2D eigenvalue weighted by atomic mass is 10.2. The van der Waals surface area contributed by atoms with Crippen LogP contribution in [-0.2, 0) is 9.53 Å². The summed E-state index contributed by atoms with van der Waals surface area (Å²) in [6.07, 6.45) is 0.302. The summed E-state index contributed by atoms with van der Waals surface area (Å²) in [4.78, 5) is 11.5. The molecule has 1 fully saturated rings. The van der Waals surface area contributed by atoms with E-state index in [1.807, 2.05) is 0 Å². The molecule has 0 spiro atoms. The molecule has 1 saturated heterocycles. The Bertz CT molecular complexity index is 435. The summed E-state index contributed by atoms with van der Waals surface area (Å²) < 4.78 is 10.4. The number of benzene rings is 1. The second-order valence-corrected chi connectivity index (χ2v) is 4.79. The molecule has 4 nitrogen and oxygen atoms in total. The Morgan fingerprint density at radius 2 is 2.17 bits per heavy atom. The zero-order valence-corrected chi connectivity index (χ0v) is 11.1. The molecule has 1 amide bonds. The van der Waals surface area contributed by atoms with Gasteiger partial charge in [0.15, 0.2) is 0 Å². The number of hydrogen-bond acceptors (Lipinski definition) is 3. The number of amides is 1. The maximum Gasteiger partial charge on any atom is 0.223 e. The van der Waals surface area contributed by atoms with Crippen LogP contribution in [0.3, 0.4) is 0 Å². The van der Waals surface area contributed by atoms with Crippen LogP contribution >= 0.6 is 23.2 Å². The third-order valence-corrected chi connectivity index (χ3v) is 3.23. The van der Waals surface area contributed by atoms with Crippen molar-refractivity contribution in [2.45, 2.75) is 12.5 Å². The van der Waals surface area contributed by atoms with Gasteiger partial charge in [-0.2, -0.15) is 0 Å². The SMILES string of the molecule is O=C(CCOc1ccc(Cl)c(Cl)c1)NC1COC1. The van der Waals surface area contributed by atoms with E-state index in [-0.39, 0.29) is 11.9 Å². The minimum absolute atomic E-state index is 0.0386. The van der Waals surface area contributed by atoms with Gasteiger partial charge >= 0.3 is 0 Å². The van der Waals surface area contributed by atoms with Crippen molar-refractivity contribution >= 4 is 29.1 Å². The molecule has 18 heavy (non-hydrogen) atoms. The number of carbonyl (C=O) groups excluding carboxylic acids is 1. The van der Waals surface area contributed by atoms with Crippen molar-refractivity contribution in [3.63, 3.8) is 0 Å². The molecule has 1 aromatic carbocycles. The van der Waals surface area contributed by atoms with Crippen LogP contribution in [0.1, 0.15) is 6.42 Å². The molecule has 0 unspecified atom stereocenters. The van der Waals surface area contributed by atoms with Crippen molar-refractivity contribution in [2.75, 3.05) is 19.8 Å². The van der Waals surface area contributed by atoms with E-state index in [1.54, 1.807) is 18.2 Å². The number of nitrogens with one attached hydrogen (secondary N) is 1. The molecule has 1 aliphatic heterocycles. The molecule has 6 heteroatoms. The molecule has 0 radical (unpaired) electrons. The van der Waals surface area contributed by atoms with Gasteiger partial charge in [0, 0.05) is 6.07 Å². The predicted octanol–water partition coefficient (Wildman–Crippen LogP) is 2.28. The predicted molar refractivity (Wildman–Crippen MR) is 69.3 cm³/mol. The van der Waals surface area contributed by atoms with Crippen molar-refractivity contribution in [1.29, 1.82) is 0 Å². The molecule has 0 atom stereocenters. The fourth-order valence-corrected chi connectivity index (χ4v) is 1.74. The Labute approximate surface area is 115 Å². The molecule has 0 aromatic heterocycles. The maximum absolute atomic E-state index is 11.5. The highest BCUT2D eigenvalue weighted by Crippen LogP contribution is 2.26. The van der Waals surface area contributed by atoms with E-state index < -0.39 is 0 Å². The highest BCUT2D eigenvalue weighted by Gasteiger charge is 2.19. The maximum atomic E-state index is 11.5. The minimum atomic E-state index is -0.0386. The summed E-state index contributed by atoms with van der Waals surface area (Å²) >= 11 is 11.6. The van der Waals surface area contributed by atoms with Crippen molar-refractivity contribution in [1.82, 2.24) is 5.32 Å². The Balaban J connectivity index is 1.70. The molecule has 1 heterocycles. The van der Waals surface area contributed by atoms with Gasteiger partial charge < -0.3 is 14.8 Å². The van der Waals surface area contributed by atoms with Crippen LogP contribution in [0.4, 0.5) is 0 Å². The van der Waals surface area contributed by atoms with Gasteiger partial charge in [-0.25, -0.2) is 0 Å². The van der Waals surface area contributed by atoms with E-state index in [4.69, 9.17) is 32.7 Å². The summed E-state index contributed by atoms with van der Waals surface area (Å²) in [5, 5.41) is 3.75. The van der Waals surface area contributed by atoms with Gasteiger partial charge in [-0.3, -0.25) is 4.79 Å². The van der Waals surface area contributed by atoms with E-state index in [0.717, 1.165) is 0 Å². The fourth-order valence-electron chi connectivity index (χ4n) is 1.45. The standard InChI is InChI=1S/C12H13Cl2NO3/c13-10-2-1-9(5-11(10)14)18-4-3-12(16)15-8-6-17-7-8/h1-2,5,8H,3-4,6-7H2,(H,15,16). The lowest BCUT2D eigenvalue weighted by Crippen LogP contribution is -2.48. The van der Waals surface area contributed by atoms with Gasteiger partial charge in [0.1, 0.15) is 5.75 Å². The van der Waals surface area contributed by atoms with Crippen LogP contribution < -0.4 is 10.1 Å². The zero-order chi connectivity index (χ0) is 13.0. The largest absolute Gasteiger partial charge is 0.493 e. The molecule has 2 rings (SSSR count). The van der Waals surface area contributed by atoms with E-state index in [1.165, 1.54) is 0 Å². The molecule has 0 bridgehead atoms. The lowest BCUT2D eigenvalue weighted by molar-refractivity contribution is -0.125. The molecule has 1 aromatic rings. The topological polar surface area (TPSA) is 47.6 Å². The molecular formula is C12H13Cl2NO3. The summed E-state index contributed by atoms with van der Waals surface area (Å²) in [6, 6.07) is 5.15. The molecule has 1 aliphatic rings. The number of hydrogen-bond donors (Lipinski definition) is 1. The smallest absolute Gasteiger partial charge is 0.223 e. The van der Waals surface area contributed by atoms with Crippen LogP contribution in [-0.4, -0.2) is 31.8 Å². The summed E-state index contributed by atoms with van der Waals surface area (Å²) in [5.41, 5.74) is 0. The zero-order valence-electron chi connectivity index (χ0n) is 9.62. The van der Waals surface area contributed by atoms with E-state index in [0.29, 0.717) is 42.0 Å². The molecule has 0 aliphatic carbocycles. The quantitative estimate of drug-likeness (QED) is 0.905. The van der Waals surface area contributed by atoms with Crippen LogP contribution in [0.15, 0.2) is 18.2 Å². The summed E-state index contributed by atoms with van der Waals surface area (Å²) in [5.74, 6) is 0.563. The molecular weight excluding hydrogens is 277 g/mol. The van der Waals surface area contributed by atoms with Crippen LogP contribution in [0.5, 0.6) is 5.75 Å². The van der Waals surface area contributed by atoms with Crippen molar-refractivity contribution in [3.8, 4) is 5.75 Å². The Morgan fingerprint density at radius 3 is 2.78 bits per heavy atom. The van der Waals surface area contributed by atoms with Crippen molar-refractivity contribution < 1.29 is 14.3 Å². The first-order valence-corrected chi connectivity index (χ1v) is 6.35. The summed E-state index contributed by atoms with van der Waals surface area (Å²) in [7, 11) is 0. The normalized spacial score (nSPS) is 15.0. The Kier molecular flexibility index (Phi) is 4.69. The summed E-state index contributed by atoms with van der Waals surface area (Å²) in [6.45, 7) is 1.50. The average Bonchev–Trinajstić information content (AvgIpc) is 2.28. The van der Waals surface area contributed by atoms with Gasteiger partial charge in [0.2, 0.25) is 5.91 Å². The van der Waals surface area contributed by atoms with E-state index in [9.17, 15) is 4.79 Å². The fraction of sp³-hybridized carbons (Fsp3) is 0.417. The van der Waals surface area contributed by atoms with Crippen LogP contribution in [0.2, 0.25) is 10.0 Å². The number of rotatable bonds is 5. The molecule has 0 saturated carbocycles.